The Morgan fingerprint density at radius 1 is 1.20 bits per heavy atom. The maximum Gasteiger partial charge on any atom is 0.408 e. The molecule has 0 fully saturated rings. The molecule has 0 bridgehead atoms. The smallest absolute Gasteiger partial charge is 0.408 e. The summed E-state index contributed by atoms with van der Waals surface area (Å²) in [5.74, 6) is -0.183. The lowest BCUT2D eigenvalue weighted by Gasteiger charge is -2.33. The number of ether oxygens (including phenoxy) is 1. The van der Waals surface area contributed by atoms with Gasteiger partial charge in [-0.1, -0.05) is 0 Å². The number of amides is 2. The van der Waals surface area contributed by atoms with Crippen LogP contribution in [0.1, 0.15) is 41.0 Å². The van der Waals surface area contributed by atoms with Gasteiger partial charge in [0, 0.05) is 17.1 Å². The molecule has 140 valence electrons. The van der Waals surface area contributed by atoms with Crippen LogP contribution in [0.25, 0.3) is 0 Å². The van der Waals surface area contributed by atoms with E-state index >= 15 is 0 Å². The topological polar surface area (TPSA) is 80.3 Å². The van der Waals surface area contributed by atoms with Crippen molar-refractivity contribution in [1.29, 1.82) is 0 Å². The van der Waals surface area contributed by atoms with Crippen LogP contribution in [0.4, 0.5) is 10.6 Å². The molecule has 0 aliphatic carbocycles. The highest BCUT2D eigenvalue weighted by atomic mass is 79.9. The zero-order chi connectivity index (χ0) is 19.5. The number of carbonyl (C=O) groups excluding carboxylic acids is 2. The first kappa shape index (κ1) is 22.0. The summed E-state index contributed by atoms with van der Waals surface area (Å²) < 4.78 is 4.76. The largest absolute Gasteiger partial charge is 0.444 e. The average molecular weight is 455 g/mol. The summed E-state index contributed by atoms with van der Waals surface area (Å²) in [6.07, 6.45) is 0.762. The van der Waals surface area contributed by atoms with E-state index in [0.29, 0.717) is 5.82 Å². The number of nitrogens with one attached hydrogen (secondary N) is 2. The maximum absolute atomic E-state index is 12.7. The summed E-state index contributed by atoms with van der Waals surface area (Å²) in [5, 5.41) is 5.20. The zero-order valence-electron chi connectivity index (χ0n) is 14.7. The van der Waals surface area contributed by atoms with Crippen molar-refractivity contribution in [2.24, 2.45) is 0 Å². The number of carbonyl (C=O) groups is 2. The Morgan fingerprint density at radius 2 is 1.80 bits per heavy atom. The molecule has 1 rings (SSSR count). The van der Waals surface area contributed by atoms with Gasteiger partial charge in [-0.05, 0) is 62.7 Å². The molecule has 1 unspecified atom stereocenters. The van der Waals surface area contributed by atoms with Gasteiger partial charge in [-0.25, -0.2) is 9.78 Å². The Hall–Kier alpha value is -1.05. The molecule has 2 amide bonds. The van der Waals surface area contributed by atoms with Crippen LogP contribution in [0, 0.1) is 0 Å². The number of rotatable bonds is 5. The third-order valence-electron chi connectivity index (χ3n) is 2.91. The van der Waals surface area contributed by atoms with Crippen LogP contribution >= 0.6 is 39.1 Å². The van der Waals surface area contributed by atoms with Crippen LogP contribution in [-0.2, 0) is 9.53 Å². The first-order valence-corrected chi connectivity index (χ1v) is 9.07. The third-order valence-corrected chi connectivity index (χ3v) is 3.65. The van der Waals surface area contributed by atoms with Gasteiger partial charge in [0.05, 0.1) is 0 Å². The van der Waals surface area contributed by atoms with Crippen molar-refractivity contribution in [2.45, 2.75) is 56.5 Å². The Kier molecular flexibility index (Phi) is 7.12. The van der Waals surface area contributed by atoms with Crippen LogP contribution in [0.2, 0.25) is 0 Å². The normalized spacial score (nSPS) is 14.4. The summed E-state index contributed by atoms with van der Waals surface area (Å²) in [6, 6.07) is 3.35. The molecule has 0 saturated carbocycles. The quantitative estimate of drug-likeness (QED) is 0.634. The molecule has 1 atom stereocenters. The van der Waals surface area contributed by atoms with Gasteiger partial charge in [0.1, 0.15) is 21.3 Å². The monoisotopic (exact) mass is 453 g/mol. The molecule has 6 nitrogen and oxygen atoms in total. The number of aromatic nitrogens is 1. The molecular formula is C16H22BrCl2N3O3. The van der Waals surface area contributed by atoms with Gasteiger partial charge in [-0.2, -0.15) is 0 Å². The van der Waals surface area contributed by atoms with E-state index in [-0.39, 0.29) is 6.42 Å². The molecule has 1 heterocycles. The van der Waals surface area contributed by atoms with E-state index in [1.807, 2.05) is 0 Å². The minimum atomic E-state index is -1.41. The van der Waals surface area contributed by atoms with Crippen molar-refractivity contribution in [3.63, 3.8) is 0 Å². The molecule has 0 radical (unpaired) electrons. The molecule has 0 spiro atoms. The molecular weight excluding hydrogens is 433 g/mol. The van der Waals surface area contributed by atoms with Crippen molar-refractivity contribution in [1.82, 2.24) is 10.3 Å². The van der Waals surface area contributed by atoms with Gasteiger partial charge in [-0.3, -0.25) is 4.79 Å². The minimum Gasteiger partial charge on any atom is -0.444 e. The van der Waals surface area contributed by atoms with E-state index in [4.69, 9.17) is 27.9 Å². The predicted octanol–water partition coefficient (Wildman–Crippen LogP) is 4.65. The third kappa shape index (κ3) is 8.25. The second-order valence-corrected chi connectivity index (χ2v) is 9.80. The minimum absolute atomic E-state index is 0.0370. The fourth-order valence-corrected chi connectivity index (χ4v) is 2.80. The van der Waals surface area contributed by atoms with Crippen molar-refractivity contribution in [2.75, 3.05) is 5.32 Å². The Morgan fingerprint density at radius 3 is 2.24 bits per heavy atom. The van der Waals surface area contributed by atoms with Crippen molar-refractivity contribution in [3.05, 3.63) is 22.8 Å². The lowest BCUT2D eigenvalue weighted by atomic mass is 9.94. The molecule has 0 aromatic carbocycles. The van der Waals surface area contributed by atoms with Crippen LogP contribution < -0.4 is 10.6 Å². The van der Waals surface area contributed by atoms with Gasteiger partial charge in [0.15, 0.2) is 0 Å². The van der Waals surface area contributed by atoms with Crippen molar-refractivity contribution in [3.8, 4) is 0 Å². The van der Waals surface area contributed by atoms with Gasteiger partial charge >= 0.3 is 6.09 Å². The first-order chi connectivity index (χ1) is 11.2. The van der Waals surface area contributed by atoms with E-state index in [9.17, 15) is 9.59 Å². The lowest BCUT2D eigenvalue weighted by molar-refractivity contribution is -0.122. The molecule has 1 aromatic heterocycles. The summed E-state index contributed by atoms with van der Waals surface area (Å²) >= 11 is 15.4. The molecule has 0 saturated heterocycles. The lowest BCUT2D eigenvalue weighted by Crippen LogP contribution is -2.57. The summed E-state index contributed by atoms with van der Waals surface area (Å²) in [7, 11) is 0. The van der Waals surface area contributed by atoms with Crippen molar-refractivity contribution < 1.29 is 14.3 Å². The molecule has 9 heteroatoms. The molecule has 2 N–H and O–H groups in total. The number of hydrogen-bond acceptors (Lipinski definition) is 4. The summed E-state index contributed by atoms with van der Waals surface area (Å²) in [5.41, 5.74) is -2.12. The van der Waals surface area contributed by atoms with Gasteiger partial charge in [0.2, 0.25) is 0 Å². The van der Waals surface area contributed by atoms with E-state index in [1.54, 1.807) is 39.1 Å². The number of nitrogens with zero attached hydrogens (tertiary/aromatic N) is 1. The molecule has 0 aliphatic rings. The first-order valence-electron chi connectivity index (χ1n) is 7.52. The van der Waals surface area contributed by atoms with Crippen LogP contribution in [0.15, 0.2) is 22.8 Å². The van der Waals surface area contributed by atoms with Crippen LogP contribution in [0.5, 0.6) is 0 Å². The number of anilines is 1. The Balaban J connectivity index is 2.98. The van der Waals surface area contributed by atoms with Crippen LogP contribution in [0.3, 0.4) is 0 Å². The van der Waals surface area contributed by atoms with E-state index in [2.05, 4.69) is 31.5 Å². The second-order valence-electron chi connectivity index (χ2n) is 7.02. The average Bonchev–Trinajstić information content (AvgIpc) is 2.36. The fraction of sp³-hybridized carbons (Fsp3) is 0.562. The van der Waals surface area contributed by atoms with Gasteiger partial charge in [0.25, 0.3) is 5.91 Å². The SMILES string of the molecule is CC(Cl)(Cl)CC(C)(NC(=O)OC(C)(C)C)C(=O)Nc1ccc(Br)cn1. The predicted molar refractivity (Wildman–Crippen MR) is 103 cm³/mol. The number of alkyl carbamates (subject to hydrolysis) is 1. The maximum atomic E-state index is 12.7. The highest BCUT2D eigenvalue weighted by molar-refractivity contribution is 9.10. The summed E-state index contributed by atoms with van der Waals surface area (Å²) in [4.78, 5) is 29.0. The Bertz CT molecular complexity index is 627. The number of hydrogen-bond donors (Lipinski definition) is 2. The molecule has 0 aliphatic heterocycles. The number of alkyl halides is 2. The van der Waals surface area contributed by atoms with E-state index in [1.165, 1.54) is 13.8 Å². The Labute approximate surface area is 166 Å². The highest BCUT2D eigenvalue weighted by Gasteiger charge is 2.41. The standard InChI is InChI=1S/C16H22BrCl2N3O3/c1-14(2,3)25-13(24)22-15(4,9-16(5,18)19)12(23)21-11-7-6-10(17)8-20-11/h6-8H,9H2,1-5H3,(H,22,24)(H,20,21,23). The van der Waals surface area contributed by atoms with E-state index < -0.39 is 27.5 Å². The molecule has 1 aromatic rings. The number of halogens is 3. The van der Waals surface area contributed by atoms with E-state index in [0.717, 1.165) is 4.47 Å². The fourth-order valence-electron chi connectivity index (χ4n) is 2.03. The summed E-state index contributed by atoms with van der Waals surface area (Å²) in [6.45, 7) is 8.24. The van der Waals surface area contributed by atoms with Crippen molar-refractivity contribution >= 4 is 57.0 Å². The van der Waals surface area contributed by atoms with Crippen LogP contribution in [-0.4, -0.2) is 32.5 Å². The number of pyridine rings is 1. The highest BCUT2D eigenvalue weighted by Crippen LogP contribution is 2.31. The molecule has 25 heavy (non-hydrogen) atoms. The zero-order valence-corrected chi connectivity index (χ0v) is 17.8. The van der Waals surface area contributed by atoms with Gasteiger partial charge < -0.3 is 15.4 Å². The van der Waals surface area contributed by atoms with Gasteiger partial charge in [-0.15, -0.1) is 23.2 Å². The second kappa shape index (κ2) is 8.10.